The molecule has 1 saturated carbocycles. The monoisotopic (exact) mass is 187 g/mol. The molecule has 0 N–H and O–H groups in total. The Morgan fingerprint density at radius 3 is 3.07 bits per heavy atom. The number of rotatable bonds is 2. The zero-order valence-corrected chi connectivity index (χ0v) is 8.27. The quantitative estimate of drug-likeness (QED) is 0.721. The van der Waals surface area contributed by atoms with Crippen molar-refractivity contribution in [3.63, 3.8) is 0 Å². The fraction of sp³-hybridized carbons (Fsp3) is 0.455. The first-order chi connectivity index (χ1) is 6.86. The molecule has 0 amide bonds. The molecule has 0 unspecified atom stereocenters. The maximum Gasteiger partial charge on any atom is 0.155 e. The number of hydrogen-bond donors (Lipinski definition) is 0. The van der Waals surface area contributed by atoms with Crippen molar-refractivity contribution in [2.45, 2.75) is 32.1 Å². The molecule has 0 aromatic carbocycles. The van der Waals surface area contributed by atoms with E-state index in [4.69, 9.17) is 0 Å². The largest absolute Gasteiger partial charge is 0.237 e. The zero-order chi connectivity index (χ0) is 9.54. The summed E-state index contributed by atoms with van der Waals surface area (Å²) < 4.78 is 1.91. The van der Waals surface area contributed by atoms with Gasteiger partial charge in [0.05, 0.1) is 5.69 Å². The lowest BCUT2D eigenvalue weighted by Gasteiger charge is -1.95. The maximum absolute atomic E-state index is 4.54. The summed E-state index contributed by atoms with van der Waals surface area (Å²) in [5, 5.41) is 4.54. The summed E-state index contributed by atoms with van der Waals surface area (Å²) in [6, 6.07) is 2.11. The minimum Gasteiger partial charge on any atom is -0.237 e. The Morgan fingerprint density at radius 2 is 2.36 bits per heavy atom. The van der Waals surface area contributed by atoms with Gasteiger partial charge >= 0.3 is 0 Å². The third-order valence-electron chi connectivity index (χ3n) is 2.79. The highest BCUT2D eigenvalue weighted by atomic mass is 15.2. The fourth-order valence-electron chi connectivity index (χ4n) is 1.69. The van der Waals surface area contributed by atoms with Crippen molar-refractivity contribution in [2.24, 2.45) is 0 Å². The van der Waals surface area contributed by atoms with Crippen LogP contribution in [0.25, 0.3) is 5.65 Å². The molecule has 3 nitrogen and oxygen atoms in total. The highest BCUT2D eigenvalue weighted by molar-refractivity contribution is 5.41. The molecule has 2 heterocycles. The van der Waals surface area contributed by atoms with Gasteiger partial charge in [0.2, 0.25) is 0 Å². The highest BCUT2D eigenvalue weighted by Crippen LogP contribution is 2.39. The lowest BCUT2D eigenvalue weighted by atomic mass is 10.3. The van der Waals surface area contributed by atoms with Crippen LogP contribution in [0.4, 0.5) is 0 Å². The van der Waals surface area contributed by atoms with E-state index in [1.54, 1.807) is 0 Å². The van der Waals surface area contributed by atoms with Crippen LogP contribution in [0.2, 0.25) is 0 Å². The normalized spacial score (nSPS) is 16.4. The van der Waals surface area contributed by atoms with E-state index in [1.165, 1.54) is 24.1 Å². The van der Waals surface area contributed by atoms with Crippen LogP contribution in [-0.4, -0.2) is 14.6 Å². The molecule has 2 aromatic heterocycles. The summed E-state index contributed by atoms with van der Waals surface area (Å²) in [5.41, 5.74) is 3.43. The molecular weight excluding hydrogens is 174 g/mol. The average Bonchev–Trinajstić information content (AvgIpc) is 2.97. The highest BCUT2D eigenvalue weighted by Gasteiger charge is 2.26. The van der Waals surface area contributed by atoms with E-state index < -0.39 is 0 Å². The van der Waals surface area contributed by atoms with Crippen LogP contribution in [0.1, 0.15) is 36.9 Å². The first kappa shape index (κ1) is 7.97. The zero-order valence-electron chi connectivity index (χ0n) is 8.27. The molecule has 0 radical (unpaired) electrons. The van der Waals surface area contributed by atoms with Gasteiger partial charge in [0.1, 0.15) is 0 Å². The summed E-state index contributed by atoms with van der Waals surface area (Å²) in [7, 11) is 0. The van der Waals surface area contributed by atoms with E-state index in [2.05, 4.69) is 29.3 Å². The first-order valence-electron chi connectivity index (χ1n) is 5.21. The molecule has 2 aromatic rings. The number of nitrogens with zero attached hydrogens (tertiary/aromatic N) is 3. The Bertz CT molecular complexity index is 468. The SMILES string of the molecule is CCc1cnc2cc(C3CC3)nn2c1. The van der Waals surface area contributed by atoms with Gasteiger partial charge in [0, 0.05) is 24.4 Å². The van der Waals surface area contributed by atoms with Crippen LogP contribution in [0, 0.1) is 0 Å². The Morgan fingerprint density at radius 1 is 1.50 bits per heavy atom. The van der Waals surface area contributed by atoms with E-state index >= 15 is 0 Å². The van der Waals surface area contributed by atoms with Crippen molar-refractivity contribution >= 4 is 5.65 Å². The van der Waals surface area contributed by atoms with Gasteiger partial charge in [0.25, 0.3) is 0 Å². The molecule has 0 bridgehead atoms. The molecule has 3 rings (SSSR count). The third kappa shape index (κ3) is 1.20. The molecule has 72 valence electrons. The number of hydrogen-bond acceptors (Lipinski definition) is 2. The van der Waals surface area contributed by atoms with Crippen molar-refractivity contribution in [3.8, 4) is 0 Å². The van der Waals surface area contributed by atoms with Gasteiger partial charge in [-0.1, -0.05) is 6.92 Å². The fourth-order valence-corrected chi connectivity index (χ4v) is 1.69. The summed E-state index contributed by atoms with van der Waals surface area (Å²) in [4.78, 5) is 4.38. The van der Waals surface area contributed by atoms with Crippen LogP contribution in [-0.2, 0) is 6.42 Å². The van der Waals surface area contributed by atoms with Crippen molar-refractivity contribution < 1.29 is 0 Å². The topological polar surface area (TPSA) is 30.2 Å². The Labute approximate surface area is 82.8 Å². The smallest absolute Gasteiger partial charge is 0.155 e. The maximum atomic E-state index is 4.54. The molecule has 1 aliphatic rings. The summed E-state index contributed by atoms with van der Waals surface area (Å²) in [5.74, 6) is 0.710. The lowest BCUT2D eigenvalue weighted by molar-refractivity contribution is 0.866. The van der Waals surface area contributed by atoms with Crippen LogP contribution in [0.15, 0.2) is 18.5 Å². The summed E-state index contributed by atoms with van der Waals surface area (Å²) in [6.45, 7) is 2.13. The van der Waals surface area contributed by atoms with Crippen LogP contribution < -0.4 is 0 Å². The standard InChI is InChI=1S/C11H13N3/c1-2-8-6-12-11-5-10(9-3-4-9)13-14(11)7-8/h5-7,9H,2-4H2,1H3. The van der Waals surface area contributed by atoms with Crippen molar-refractivity contribution in [1.82, 2.24) is 14.6 Å². The van der Waals surface area contributed by atoms with Crippen molar-refractivity contribution in [1.29, 1.82) is 0 Å². The van der Waals surface area contributed by atoms with E-state index in [-0.39, 0.29) is 0 Å². The molecule has 1 fully saturated rings. The lowest BCUT2D eigenvalue weighted by Crippen LogP contribution is -1.93. The van der Waals surface area contributed by atoms with Gasteiger partial charge in [-0.2, -0.15) is 5.10 Å². The van der Waals surface area contributed by atoms with Crippen LogP contribution in [0.3, 0.4) is 0 Å². The predicted molar refractivity (Wildman–Crippen MR) is 54.3 cm³/mol. The van der Waals surface area contributed by atoms with E-state index in [1.807, 2.05) is 10.7 Å². The van der Waals surface area contributed by atoms with E-state index in [0.717, 1.165) is 12.1 Å². The minimum atomic E-state index is 0.710. The number of fused-ring (bicyclic) bond motifs is 1. The minimum absolute atomic E-state index is 0.710. The summed E-state index contributed by atoms with van der Waals surface area (Å²) >= 11 is 0. The van der Waals surface area contributed by atoms with Gasteiger partial charge in [-0.3, -0.25) is 0 Å². The second-order valence-electron chi connectivity index (χ2n) is 3.96. The Hall–Kier alpha value is -1.38. The van der Waals surface area contributed by atoms with Gasteiger partial charge < -0.3 is 0 Å². The summed E-state index contributed by atoms with van der Waals surface area (Å²) in [6.07, 6.45) is 7.62. The molecule has 3 heteroatoms. The molecule has 0 aliphatic heterocycles. The third-order valence-corrected chi connectivity index (χ3v) is 2.79. The molecule has 14 heavy (non-hydrogen) atoms. The van der Waals surface area contributed by atoms with E-state index in [9.17, 15) is 0 Å². The second kappa shape index (κ2) is 2.80. The molecule has 0 saturated heterocycles. The van der Waals surface area contributed by atoms with Gasteiger partial charge in [-0.15, -0.1) is 0 Å². The number of aryl methyl sites for hydroxylation is 1. The first-order valence-corrected chi connectivity index (χ1v) is 5.21. The van der Waals surface area contributed by atoms with Crippen molar-refractivity contribution in [2.75, 3.05) is 0 Å². The predicted octanol–water partition coefficient (Wildman–Crippen LogP) is 2.17. The van der Waals surface area contributed by atoms with Crippen molar-refractivity contribution in [3.05, 3.63) is 29.7 Å². The van der Waals surface area contributed by atoms with Crippen LogP contribution >= 0.6 is 0 Å². The van der Waals surface area contributed by atoms with E-state index in [0.29, 0.717) is 5.92 Å². The van der Waals surface area contributed by atoms with Gasteiger partial charge in [-0.05, 0) is 24.8 Å². The molecule has 0 spiro atoms. The van der Waals surface area contributed by atoms with Gasteiger partial charge in [-0.25, -0.2) is 9.50 Å². The molecule has 1 aliphatic carbocycles. The average molecular weight is 187 g/mol. The Balaban J connectivity index is 2.12. The van der Waals surface area contributed by atoms with Crippen LogP contribution in [0.5, 0.6) is 0 Å². The Kier molecular flexibility index (Phi) is 1.60. The second-order valence-corrected chi connectivity index (χ2v) is 3.96. The van der Waals surface area contributed by atoms with Gasteiger partial charge in [0.15, 0.2) is 5.65 Å². The molecular formula is C11H13N3. The number of aromatic nitrogens is 3. The molecule has 0 atom stereocenters.